The quantitative estimate of drug-likeness (QED) is 0.287. The average Bonchev–Trinajstić information content (AvgIpc) is 3.34. The zero-order chi connectivity index (χ0) is 25.2. The van der Waals surface area contributed by atoms with Crippen LogP contribution in [0.25, 0.3) is 10.9 Å². The Balaban J connectivity index is 1.45. The van der Waals surface area contributed by atoms with E-state index in [1.165, 1.54) is 5.01 Å². The third-order valence-electron chi connectivity index (χ3n) is 6.09. The molecule has 36 heavy (non-hydrogen) atoms. The number of hydrazone groups is 1. The molecule has 1 aromatic heterocycles. The number of methoxy groups -OCH3 is 1. The highest BCUT2D eigenvalue weighted by Gasteiger charge is 2.33. The number of carbonyl (C=O) groups is 1. The third kappa shape index (κ3) is 4.74. The van der Waals surface area contributed by atoms with Crippen LogP contribution in [0.5, 0.6) is 11.5 Å². The lowest BCUT2D eigenvalue weighted by Crippen LogP contribution is -2.31. The molecule has 8 heteroatoms. The Morgan fingerprint density at radius 2 is 1.78 bits per heavy atom. The van der Waals surface area contributed by atoms with Crippen molar-refractivity contribution in [3.05, 3.63) is 99.7 Å². The molecule has 0 fully saturated rings. The first-order chi connectivity index (χ1) is 17.4. The Morgan fingerprint density at radius 3 is 2.50 bits per heavy atom. The van der Waals surface area contributed by atoms with E-state index in [2.05, 4.69) is 4.98 Å². The number of hydrogen-bond donors (Lipinski definition) is 0. The summed E-state index contributed by atoms with van der Waals surface area (Å²) in [4.78, 5) is 18.0. The number of halogens is 2. The number of fused-ring (bicyclic) bond motifs is 1. The summed E-state index contributed by atoms with van der Waals surface area (Å²) in [5.74, 6) is 0.767. The number of benzene rings is 3. The minimum Gasteiger partial charge on any atom is -0.497 e. The van der Waals surface area contributed by atoms with Crippen LogP contribution in [0.2, 0.25) is 10.0 Å². The molecule has 3 aromatic carbocycles. The monoisotopic (exact) mass is 519 g/mol. The summed E-state index contributed by atoms with van der Waals surface area (Å²) in [5.41, 5.74) is 4.05. The molecule has 1 unspecified atom stereocenters. The second kappa shape index (κ2) is 10.2. The van der Waals surface area contributed by atoms with Crippen molar-refractivity contribution in [3.63, 3.8) is 0 Å². The van der Waals surface area contributed by atoms with Gasteiger partial charge in [0.2, 0.25) is 0 Å². The number of pyridine rings is 1. The van der Waals surface area contributed by atoms with Crippen molar-refractivity contribution in [3.8, 4) is 11.5 Å². The topological polar surface area (TPSA) is 64.0 Å². The first-order valence-electron chi connectivity index (χ1n) is 11.4. The molecule has 0 spiro atoms. The largest absolute Gasteiger partial charge is 0.497 e. The second-order valence-electron chi connectivity index (χ2n) is 8.45. The van der Waals surface area contributed by atoms with Crippen LogP contribution in [0.3, 0.4) is 0 Å². The zero-order valence-electron chi connectivity index (χ0n) is 19.7. The molecule has 0 bridgehead atoms. The van der Waals surface area contributed by atoms with Crippen LogP contribution >= 0.6 is 23.2 Å². The van der Waals surface area contributed by atoms with Gasteiger partial charge in [0, 0.05) is 17.5 Å². The van der Waals surface area contributed by atoms with Crippen molar-refractivity contribution in [2.45, 2.75) is 19.4 Å². The zero-order valence-corrected chi connectivity index (χ0v) is 21.3. The lowest BCUT2D eigenvalue weighted by atomic mass is 9.98. The first kappa shape index (κ1) is 24.1. The smallest absolute Gasteiger partial charge is 0.281 e. The number of rotatable bonds is 6. The van der Waals surface area contributed by atoms with E-state index in [9.17, 15) is 4.79 Å². The molecular weight excluding hydrogens is 497 g/mol. The van der Waals surface area contributed by atoms with Crippen LogP contribution in [-0.4, -0.2) is 35.3 Å². The van der Waals surface area contributed by atoms with Crippen molar-refractivity contribution in [2.24, 2.45) is 5.10 Å². The second-order valence-corrected chi connectivity index (χ2v) is 9.27. The van der Waals surface area contributed by atoms with Crippen LogP contribution in [0.4, 0.5) is 0 Å². The van der Waals surface area contributed by atoms with Crippen LogP contribution < -0.4 is 9.47 Å². The average molecular weight is 520 g/mol. The van der Waals surface area contributed by atoms with E-state index in [1.807, 2.05) is 73.7 Å². The molecule has 1 aliphatic heterocycles. The normalized spacial score (nSPS) is 15.2. The highest BCUT2D eigenvalue weighted by molar-refractivity contribution is 6.39. The van der Waals surface area contributed by atoms with Crippen molar-refractivity contribution in [2.75, 3.05) is 13.7 Å². The number of aryl methyl sites for hydroxylation is 1. The summed E-state index contributed by atoms with van der Waals surface area (Å²) < 4.78 is 11.3. The SMILES string of the molecule is COc1ccc(C2CC(c3ccccc3)=NN2C(=O)COc2c(Cl)cc(Cl)c3ccc(C)nc23)cc1. The summed E-state index contributed by atoms with van der Waals surface area (Å²) in [6.45, 7) is 1.61. The number of ether oxygens (including phenoxy) is 2. The van der Waals surface area contributed by atoms with Gasteiger partial charge in [0.25, 0.3) is 5.91 Å². The number of carbonyl (C=O) groups excluding carboxylic acids is 1. The summed E-state index contributed by atoms with van der Waals surface area (Å²) in [6.07, 6.45) is 0.577. The minimum absolute atomic E-state index is 0.260. The molecule has 1 amide bonds. The van der Waals surface area contributed by atoms with Crippen LogP contribution in [0.1, 0.15) is 29.3 Å². The van der Waals surface area contributed by atoms with Crippen molar-refractivity contribution >= 4 is 45.7 Å². The summed E-state index contributed by atoms with van der Waals surface area (Å²) in [7, 11) is 1.62. The summed E-state index contributed by atoms with van der Waals surface area (Å²) >= 11 is 12.8. The van der Waals surface area contributed by atoms with Gasteiger partial charge in [-0.15, -0.1) is 0 Å². The Hall–Kier alpha value is -3.61. The molecule has 1 aliphatic rings. The molecule has 5 rings (SSSR count). The van der Waals surface area contributed by atoms with Crippen molar-refractivity contribution < 1.29 is 14.3 Å². The molecule has 4 aromatic rings. The molecule has 2 heterocycles. The van der Waals surface area contributed by atoms with Gasteiger partial charge in [0.05, 0.1) is 28.9 Å². The summed E-state index contributed by atoms with van der Waals surface area (Å²) in [6, 6.07) is 22.5. The van der Waals surface area contributed by atoms with Crippen molar-refractivity contribution in [1.82, 2.24) is 9.99 Å². The van der Waals surface area contributed by atoms with E-state index < -0.39 is 0 Å². The van der Waals surface area contributed by atoms with E-state index in [0.29, 0.717) is 33.1 Å². The lowest BCUT2D eigenvalue weighted by Gasteiger charge is -2.22. The molecule has 0 N–H and O–H groups in total. The van der Waals surface area contributed by atoms with Gasteiger partial charge in [0.1, 0.15) is 11.3 Å². The highest BCUT2D eigenvalue weighted by Crippen LogP contribution is 2.38. The molecule has 6 nitrogen and oxygen atoms in total. The van der Waals surface area contributed by atoms with Gasteiger partial charge >= 0.3 is 0 Å². The van der Waals surface area contributed by atoms with Gasteiger partial charge in [-0.1, -0.05) is 65.7 Å². The third-order valence-corrected chi connectivity index (χ3v) is 6.68. The maximum Gasteiger partial charge on any atom is 0.281 e. The fraction of sp³-hybridized carbons (Fsp3) is 0.179. The van der Waals surface area contributed by atoms with Crippen molar-refractivity contribution in [1.29, 1.82) is 0 Å². The molecule has 0 saturated heterocycles. The Labute approximate surface area is 219 Å². The fourth-order valence-corrected chi connectivity index (χ4v) is 4.83. The highest BCUT2D eigenvalue weighted by atomic mass is 35.5. The van der Waals surface area contributed by atoms with Gasteiger partial charge < -0.3 is 9.47 Å². The van der Waals surface area contributed by atoms with Crippen LogP contribution in [0, 0.1) is 6.92 Å². The van der Waals surface area contributed by atoms with E-state index in [1.54, 1.807) is 13.2 Å². The van der Waals surface area contributed by atoms with Crippen LogP contribution in [-0.2, 0) is 4.79 Å². The fourth-order valence-electron chi connectivity index (χ4n) is 4.26. The molecule has 0 aliphatic carbocycles. The molecule has 182 valence electrons. The van der Waals surface area contributed by atoms with E-state index in [0.717, 1.165) is 28.3 Å². The number of amides is 1. The number of aromatic nitrogens is 1. The Bertz CT molecular complexity index is 1460. The lowest BCUT2D eigenvalue weighted by molar-refractivity contribution is -0.135. The van der Waals surface area contributed by atoms with Gasteiger partial charge in [0.15, 0.2) is 12.4 Å². The number of nitrogens with zero attached hydrogens (tertiary/aromatic N) is 3. The van der Waals surface area contributed by atoms with Gasteiger partial charge in [-0.05, 0) is 48.4 Å². The first-order valence-corrected chi connectivity index (χ1v) is 12.2. The maximum absolute atomic E-state index is 13.5. The van der Waals surface area contributed by atoms with E-state index in [4.69, 9.17) is 37.8 Å². The summed E-state index contributed by atoms with van der Waals surface area (Å²) in [5, 5.41) is 7.66. The molecule has 0 saturated carbocycles. The van der Waals surface area contributed by atoms with E-state index >= 15 is 0 Å². The van der Waals surface area contributed by atoms with Gasteiger partial charge in [-0.3, -0.25) is 4.79 Å². The minimum atomic E-state index is -0.298. The maximum atomic E-state index is 13.5. The van der Waals surface area contributed by atoms with E-state index in [-0.39, 0.29) is 18.6 Å². The predicted molar refractivity (Wildman–Crippen MR) is 142 cm³/mol. The Kier molecular flexibility index (Phi) is 6.81. The predicted octanol–water partition coefficient (Wildman–Crippen LogP) is 6.62. The van der Waals surface area contributed by atoms with Gasteiger partial charge in [-0.25, -0.2) is 9.99 Å². The molecule has 1 atom stereocenters. The number of hydrogen-bond acceptors (Lipinski definition) is 5. The van der Waals surface area contributed by atoms with Crippen LogP contribution in [0.15, 0.2) is 77.9 Å². The van der Waals surface area contributed by atoms with Gasteiger partial charge in [-0.2, -0.15) is 5.10 Å². The molecular formula is C28H23Cl2N3O3. The Morgan fingerprint density at radius 1 is 1.03 bits per heavy atom. The standard InChI is InChI=1S/C28H23Cl2N3O3/c1-17-8-13-21-22(29)14-23(30)28(27(21)31-17)36-16-26(34)33-25(19-9-11-20(35-2)12-10-19)15-24(32-33)18-6-4-3-5-7-18/h3-14,25H,15-16H2,1-2H3. The molecule has 0 radical (unpaired) electrons.